The summed E-state index contributed by atoms with van der Waals surface area (Å²) in [6, 6.07) is 13.8. The number of carbonyl (C=O) groups is 1. The Morgan fingerprint density at radius 3 is 2.67 bits per heavy atom. The predicted octanol–water partition coefficient (Wildman–Crippen LogP) is 4.04. The first-order valence-electron chi connectivity index (χ1n) is 8.89. The van der Waals surface area contributed by atoms with Crippen LogP contribution in [0.3, 0.4) is 0 Å². The summed E-state index contributed by atoms with van der Waals surface area (Å²) in [4.78, 5) is 18.9. The molecule has 138 valence electrons. The molecule has 2 heterocycles. The highest BCUT2D eigenvalue weighted by molar-refractivity contribution is 8.16. The summed E-state index contributed by atoms with van der Waals surface area (Å²) in [6.45, 7) is 5.80. The van der Waals surface area contributed by atoms with Gasteiger partial charge in [0.2, 0.25) is 0 Å². The second-order valence-electron chi connectivity index (χ2n) is 6.67. The van der Waals surface area contributed by atoms with Gasteiger partial charge >= 0.3 is 0 Å². The molecule has 0 atom stereocenters. The summed E-state index contributed by atoms with van der Waals surface area (Å²) in [5.41, 5.74) is 5.29. The molecule has 0 spiro atoms. The van der Waals surface area contributed by atoms with Crippen molar-refractivity contribution in [3.8, 4) is 5.75 Å². The van der Waals surface area contributed by atoms with E-state index in [2.05, 4.69) is 26.7 Å². The maximum atomic E-state index is 12.2. The fraction of sp³-hybridized carbons (Fsp3) is 0.238. The lowest BCUT2D eigenvalue weighted by atomic mass is 10.1. The second-order valence-corrected chi connectivity index (χ2v) is 7.51. The Morgan fingerprint density at radius 1 is 1.19 bits per heavy atom. The van der Waals surface area contributed by atoms with E-state index in [1.807, 2.05) is 50.2 Å². The van der Waals surface area contributed by atoms with E-state index in [4.69, 9.17) is 4.74 Å². The molecule has 2 aliphatic heterocycles. The molecule has 4 rings (SSSR count). The van der Waals surface area contributed by atoms with E-state index in [9.17, 15) is 4.79 Å². The highest BCUT2D eigenvalue weighted by Gasteiger charge is 2.26. The zero-order valence-corrected chi connectivity index (χ0v) is 16.2. The highest BCUT2D eigenvalue weighted by atomic mass is 32.2. The summed E-state index contributed by atoms with van der Waals surface area (Å²) in [6.07, 6.45) is 0. The van der Waals surface area contributed by atoms with E-state index in [0.29, 0.717) is 5.75 Å². The lowest BCUT2D eigenvalue weighted by molar-refractivity contribution is -0.118. The van der Waals surface area contributed by atoms with Gasteiger partial charge in [-0.05, 0) is 54.8 Å². The van der Waals surface area contributed by atoms with E-state index in [1.54, 1.807) is 11.8 Å². The number of hydrogen-bond donors (Lipinski definition) is 1. The molecule has 0 unspecified atom stereocenters. The van der Waals surface area contributed by atoms with Gasteiger partial charge < -0.3 is 15.0 Å². The lowest BCUT2D eigenvalue weighted by Gasteiger charge is -2.17. The van der Waals surface area contributed by atoms with Gasteiger partial charge in [-0.3, -0.25) is 9.79 Å². The van der Waals surface area contributed by atoms with Gasteiger partial charge in [0, 0.05) is 17.6 Å². The third kappa shape index (κ3) is 4.01. The Bertz CT molecular complexity index is 915. The number of anilines is 1. The number of ether oxygens (including phenoxy) is 1. The number of carbonyl (C=O) groups excluding carboxylic acids is 1. The molecule has 0 saturated heterocycles. The fourth-order valence-electron chi connectivity index (χ4n) is 3.23. The van der Waals surface area contributed by atoms with Crippen LogP contribution < -0.4 is 10.1 Å². The van der Waals surface area contributed by atoms with Crippen LogP contribution in [0.2, 0.25) is 0 Å². The number of aryl methyl sites for hydroxylation is 2. The first-order chi connectivity index (χ1) is 13.1. The van der Waals surface area contributed by atoms with Crippen LogP contribution in [-0.2, 0) is 4.79 Å². The summed E-state index contributed by atoms with van der Waals surface area (Å²) in [5.74, 6) is 0.540. The van der Waals surface area contributed by atoms with Crippen LogP contribution in [0.4, 0.5) is 5.69 Å². The topological polar surface area (TPSA) is 53.9 Å². The van der Waals surface area contributed by atoms with Gasteiger partial charge in [-0.2, -0.15) is 0 Å². The molecule has 2 aromatic rings. The first kappa shape index (κ1) is 17.7. The maximum Gasteiger partial charge on any atom is 0.262 e. The van der Waals surface area contributed by atoms with Crippen molar-refractivity contribution in [2.75, 3.05) is 25.0 Å². The lowest BCUT2D eigenvalue weighted by Crippen LogP contribution is -2.21. The number of amidine groups is 1. The van der Waals surface area contributed by atoms with Crippen molar-refractivity contribution in [2.24, 2.45) is 4.99 Å². The van der Waals surface area contributed by atoms with Gasteiger partial charge in [-0.25, -0.2) is 0 Å². The largest absolute Gasteiger partial charge is 0.484 e. The predicted molar refractivity (Wildman–Crippen MR) is 111 cm³/mol. The number of nitrogens with one attached hydrogen (secondary N) is 1. The Morgan fingerprint density at radius 2 is 1.93 bits per heavy atom. The van der Waals surface area contributed by atoms with Crippen molar-refractivity contribution < 1.29 is 9.53 Å². The molecule has 1 amide bonds. The molecule has 6 heteroatoms. The maximum absolute atomic E-state index is 12.2. The minimum absolute atomic E-state index is 0.0138. The van der Waals surface area contributed by atoms with E-state index in [1.165, 1.54) is 5.70 Å². The van der Waals surface area contributed by atoms with E-state index in [-0.39, 0.29) is 12.5 Å². The van der Waals surface area contributed by atoms with E-state index >= 15 is 0 Å². The molecule has 2 aromatic carbocycles. The number of hydrogen-bond acceptors (Lipinski definition) is 5. The van der Waals surface area contributed by atoms with Gasteiger partial charge in [0.25, 0.3) is 5.91 Å². The van der Waals surface area contributed by atoms with Crippen LogP contribution in [-0.4, -0.2) is 35.7 Å². The molecule has 27 heavy (non-hydrogen) atoms. The number of thioether (sulfide) groups is 1. The average Bonchev–Trinajstić information content (AvgIpc) is 3.24. The third-order valence-electron chi connectivity index (χ3n) is 4.40. The Hall–Kier alpha value is -2.73. The number of nitrogens with zero attached hydrogens (tertiary/aromatic N) is 2. The zero-order chi connectivity index (χ0) is 18.8. The van der Waals surface area contributed by atoms with Gasteiger partial charge in [-0.1, -0.05) is 30.0 Å². The minimum Gasteiger partial charge on any atom is -0.484 e. The van der Waals surface area contributed by atoms with E-state index < -0.39 is 0 Å². The number of aliphatic imine (C=N–C) groups is 1. The van der Waals surface area contributed by atoms with Gasteiger partial charge in [0.1, 0.15) is 5.75 Å². The SMILES string of the molecule is Cc1cc(C)cc(OCC(=O)Nc2ccc(C3=CSC4=NCCN34)cc2)c1. The van der Waals surface area contributed by atoms with Crippen LogP contribution >= 0.6 is 11.8 Å². The molecule has 2 aliphatic rings. The first-order valence-corrected chi connectivity index (χ1v) is 9.77. The number of fused-ring (bicyclic) bond motifs is 1. The third-order valence-corrected chi connectivity index (χ3v) is 5.30. The second kappa shape index (κ2) is 7.48. The quantitative estimate of drug-likeness (QED) is 0.852. The van der Waals surface area contributed by atoms with Crippen molar-refractivity contribution in [3.05, 3.63) is 64.6 Å². The average molecular weight is 379 g/mol. The number of rotatable bonds is 5. The van der Waals surface area contributed by atoms with Gasteiger partial charge in [0.05, 0.1) is 12.2 Å². The van der Waals surface area contributed by atoms with Crippen LogP contribution in [0.15, 0.2) is 52.9 Å². The molecule has 0 fully saturated rings. The smallest absolute Gasteiger partial charge is 0.262 e. The molecule has 0 saturated carbocycles. The minimum atomic E-state index is -0.175. The monoisotopic (exact) mass is 379 g/mol. The molecular weight excluding hydrogens is 358 g/mol. The van der Waals surface area contributed by atoms with Crippen molar-refractivity contribution in [3.63, 3.8) is 0 Å². The van der Waals surface area contributed by atoms with E-state index in [0.717, 1.165) is 40.6 Å². The summed E-state index contributed by atoms with van der Waals surface area (Å²) < 4.78 is 5.61. The zero-order valence-electron chi connectivity index (χ0n) is 15.4. The van der Waals surface area contributed by atoms with Crippen LogP contribution in [0.25, 0.3) is 5.70 Å². The molecule has 1 N–H and O–H groups in total. The normalized spacial score (nSPS) is 15.3. The number of amides is 1. The van der Waals surface area contributed by atoms with Crippen LogP contribution in [0.5, 0.6) is 5.75 Å². The molecule has 0 radical (unpaired) electrons. The molecule has 5 nitrogen and oxygen atoms in total. The highest BCUT2D eigenvalue weighted by Crippen LogP contribution is 2.35. The summed E-state index contributed by atoms with van der Waals surface area (Å²) in [5, 5.41) is 6.08. The molecular formula is C21H21N3O2S. The van der Waals surface area contributed by atoms with Crippen LogP contribution in [0, 0.1) is 13.8 Å². The van der Waals surface area contributed by atoms with Crippen molar-refractivity contribution in [1.82, 2.24) is 4.90 Å². The fourth-order valence-corrected chi connectivity index (χ4v) is 4.20. The molecule has 0 aliphatic carbocycles. The van der Waals surface area contributed by atoms with Crippen molar-refractivity contribution in [1.29, 1.82) is 0 Å². The Labute approximate surface area is 163 Å². The number of benzene rings is 2. The summed E-state index contributed by atoms with van der Waals surface area (Å²) in [7, 11) is 0. The Balaban J connectivity index is 1.34. The van der Waals surface area contributed by atoms with Crippen molar-refractivity contribution in [2.45, 2.75) is 13.8 Å². The standard InChI is InChI=1S/C21H21N3O2S/c1-14-9-15(2)11-18(10-14)26-12-20(25)23-17-5-3-16(4-6-17)19-13-27-21-22-7-8-24(19)21/h3-6,9-11,13H,7-8,12H2,1-2H3,(H,23,25). The Kier molecular flexibility index (Phi) is 4.90. The van der Waals surface area contributed by atoms with Gasteiger partial charge in [0.15, 0.2) is 11.8 Å². The summed E-state index contributed by atoms with van der Waals surface area (Å²) >= 11 is 1.66. The molecule has 0 bridgehead atoms. The van der Waals surface area contributed by atoms with Crippen LogP contribution in [0.1, 0.15) is 16.7 Å². The molecule has 0 aromatic heterocycles. The van der Waals surface area contributed by atoms with Gasteiger partial charge in [-0.15, -0.1) is 0 Å². The van der Waals surface area contributed by atoms with Crippen molar-refractivity contribution >= 4 is 34.2 Å².